The van der Waals surface area contributed by atoms with Gasteiger partial charge in [0, 0.05) is 50.4 Å². The van der Waals surface area contributed by atoms with Crippen LogP contribution in [-0.4, -0.2) is 60.5 Å². The number of rotatable bonds is 12. The lowest BCUT2D eigenvalue weighted by atomic mass is 10.1. The molecule has 0 unspecified atom stereocenters. The van der Waals surface area contributed by atoms with E-state index in [9.17, 15) is 37.1 Å². The Balaban J connectivity index is 1.62. The van der Waals surface area contributed by atoms with Gasteiger partial charge >= 0.3 is 0 Å². The second kappa shape index (κ2) is 13.2. The van der Waals surface area contributed by atoms with Gasteiger partial charge in [0.1, 0.15) is 0 Å². The molecule has 2 atom stereocenters. The molecule has 0 radical (unpaired) electrons. The zero-order valence-corrected chi connectivity index (χ0v) is 25.4. The van der Waals surface area contributed by atoms with Crippen molar-refractivity contribution >= 4 is 31.4 Å². The first kappa shape index (κ1) is 31.9. The quantitative estimate of drug-likeness (QED) is 0.176. The van der Waals surface area contributed by atoms with E-state index in [-0.39, 0.29) is 41.7 Å². The zero-order chi connectivity index (χ0) is 32.2. The third-order valence-electron chi connectivity index (χ3n) is 7.54. The van der Waals surface area contributed by atoms with E-state index < -0.39 is 47.7 Å². The van der Waals surface area contributed by atoms with Gasteiger partial charge in [-0.2, -0.15) is 8.61 Å². The van der Waals surface area contributed by atoms with Crippen LogP contribution in [0.2, 0.25) is 0 Å². The Morgan fingerprint density at radius 1 is 0.600 bits per heavy atom. The first-order valence-electron chi connectivity index (χ1n) is 13.8. The fourth-order valence-corrected chi connectivity index (χ4v) is 8.62. The summed E-state index contributed by atoms with van der Waals surface area (Å²) in [5, 5.41) is 25.9. The Morgan fingerprint density at radius 2 is 1.07 bits per heavy atom. The van der Waals surface area contributed by atoms with Crippen LogP contribution in [0.25, 0.3) is 0 Å². The average molecular weight is 652 g/mol. The fraction of sp³-hybridized carbons (Fsp3) is 0.200. The second-order valence-corrected chi connectivity index (χ2v) is 14.2. The van der Waals surface area contributed by atoms with Crippen molar-refractivity contribution in [3.63, 3.8) is 0 Å². The first-order chi connectivity index (χ1) is 21.5. The highest BCUT2D eigenvalue weighted by Gasteiger charge is 2.45. The summed E-state index contributed by atoms with van der Waals surface area (Å²) in [4.78, 5) is 20.9. The number of nitro groups is 2. The molecule has 4 aromatic carbocycles. The summed E-state index contributed by atoms with van der Waals surface area (Å²) in [5.41, 5.74) is 0.596. The van der Waals surface area contributed by atoms with Crippen LogP contribution in [0, 0.1) is 20.2 Å². The van der Waals surface area contributed by atoms with Crippen molar-refractivity contribution in [2.45, 2.75) is 35.0 Å². The van der Waals surface area contributed by atoms with Gasteiger partial charge in [-0.05, 0) is 29.3 Å². The number of nitrogens with zero attached hydrogens (tertiary/aromatic N) is 4. The summed E-state index contributed by atoms with van der Waals surface area (Å²) in [5.74, 6) is 0. The van der Waals surface area contributed by atoms with Crippen LogP contribution >= 0.6 is 0 Å². The number of nitrogens with one attached hydrogen (secondary N) is 1. The van der Waals surface area contributed by atoms with Crippen LogP contribution in [0.1, 0.15) is 11.1 Å². The standard InChI is InChI=1S/C30H29N5O8S2/c36-34(37)25-14-16-27(17-15-25)44(40,41)32(21-23-8-3-1-4-9-23)29-19-31-20-30(29)33(22-24-10-5-2-6-11-24)45(42,43)28-13-7-12-26(18-28)35(38)39/h1-18,29-31H,19-22H2/t29-,30-/m0/s1. The lowest BCUT2D eigenvalue weighted by Gasteiger charge is -2.37. The highest BCUT2D eigenvalue weighted by atomic mass is 32.2. The number of non-ortho nitro benzene ring substituents is 2. The van der Waals surface area contributed by atoms with Crippen molar-refractivity contribution in [3.05, 3.63) is 141 Å². The fourth-order valence-electron chi connectivity index (χ4n) is 5.29. The molecule has 0 amide bonds. The smallest absolute Gasteiger partial charge is 0.270 e. The Kier molecular flexibility index (Phi) is 9.36. The van der Waals surface area contributed by atoms with Crippen molar-refractivity contribution in [3.8, 4) is 0 Å². The molecule has 0 bridgehead atoms. The highest BCUT2D eigenvalue weighted by Crippen LogP contribution is 2.32. The van der Waals surface area contributed by atoms with Crippen LogP contribution in [-0.2, 0) is 33.1 Å². The van der Waals surface area contributed by atoms with Crippen molar-refractivity contribution in [1.29, 1.82) is 0 Å². The van der Waals surface area contributed by atoms with Crippen molar-refractivity contribution in [2.75, 3.05) is 13.1 Å². The topological polar surface area (TPSA) is 173 Å². The molecule has 0 aromatic heterocycles. The van der Waals surface area contributed by atoms with E-state index in [0.29, 0.717) is 11.1 Å². The first-order valence-corrected chi connectivity index (χ1v) is 16.7. The SMILES string of the molecule is O=[N+]([O-])c1ccc(S(=O)(=O)N(Cc2ccccc2)[C@H]2CNC[C@@H]2N(Cc2ccccc2)S(=O)(=O)c2cccc([N+](=O)[O-])c2)cc1. The molecule has 4 aromatic rings. The number of benzene rings is 4. The zero-order valence-electron chi connectivity index (χ0n) is 23.7. The second-order valence-electron chi connectivity index (χ2n) is 10.4. The van der Waals surface area contributed by atoms with E-state index >= 15 is 0 Å². The number of sulfonamides is 2. The summed E-state index contributed by atoms with van der Waals surface area (Å²) in [6.45, 7) is -0.0588. The molecule has 1 fully saturated rings. The largest absolute Gasteiger partial charge is 0.313 e. The molecule has 234 valence electrons. The van der Waals surface area contributed by atoms with E-state index in [1.165, 1.54) is 26.8 Å². The van der Waals surface area contributed by atoms with E-state index in [1.807, 2.05) is 0 Å². The Morgan fingerprint density at radius 3 is 1.53 bits per heavy atom. The summed E-state index contributed by atoms with van der Waals surface area (Å²) in [6.07, 6.45) is 0. The van der Waals surface area contributed by atoms with Crippen molar-refractivity contribution < 1.29 is 26.7 Å². The van der Waals surface area contributed by atoms with Gasteiger partial charge < -0.3 is 5.32 Å². The summed E-state index contributed by atoms with van der Waals surface area (Å²) >= 11 is 0. The Hall–Kier alpha value is -4.54. The molecule has 15 heteroatoms. The molecule has 0 aliphatic carbocycles. The predicted molar refractivity (Wildman–Crippen MR) is 165 cm³/mol. The highest BCUT2D eigenvalue weighted by molar-refractivity contribution is 7.89. The third-order valence-corrected chi connectivity index (χ3v) is 11.3. The Bertz CT molecular complexity index is 1890. The molecule has 1 saturated heterocycles. The number of hydrogen-bond acceptors (Lipinski definition) is 9. The van der Waals surface area contributed by atoms with Crippen molar-refractivity contribution in [2.24, 2.45) is 0 Å². The van der Waals surface area contributed by atoms with Crippen LogP contribution in [0.3, 0.4) is 0 Å². The lowest BCUT2D eigenvalue weighted by molar-refractivity contribution is -0.385. The minimum Gasteiger partial charge on any atom is -0.313 e. The maximum atomic E-state index is 14.3. The number of hydrogen-bond donors (Lipinski definition) is 1. The molecule has 13 nitrogen and oxygen atoms in total. The van der Waals surface area contributed by atoms with E-state index in [1.54, 1.807) is 60.7 Å². The van der Waals surface area contributed by atoms with Gasteiger partial charge in [0.25, 0.3) is 11.4 Å². The Labute approximate surface area is 260 Å². The maximum Gasteiger partial charge on any atom is 0.270 e. The van der Waals surface area contributed by atoms with Gasteiger partial charge in [-0.25, -0.2) is 16.8 Å². The summed E-state index contributed by atoms with van der Waals surface area (Å²) in [7, 11) is -8.74. The van der Waals surface area contributed by atoms with Gasteiger partial charge in [-0.1, -0.05) is 66.7 Å². The van der Waals surface area contributed by atoms with Crippen LogP contribution in [0.5, 0.6) is 0 Å². The minimum absolute atomic E-state index is 0.0900. The van der Waals surface area contributed by atoms with Crippen LogP contribution in [0.4, 0.5) is 11.4 Å². The van der Waals surface area contributed by atoms with Crippen LogP contribution < -0.4 is 5.32 Å². The van der Waals surface area contributed by atoms with Gasteiger partial charge in [0.2, 0.25) is 20.0 Å². The molecule has 5 rings (SSSR count). The van der Waals surface area contributed by atoms with E-state index in [0.717, 1.165) is 30.3 Å². The normalized spacial score (nSPS) is 17.0. The molecular formula is C30H29N5O8S2. The van der Waals surface area contributed by atoms with Gasteiger partial charge in [-0.15, -0.1) is 0 Å². The van der Waals surface area contributed by atoms with E-state index in [4.69, 9.17) is 0 Å². The minimum atomic E-state index is -4.41. The monoisotopic (exact) mass is 651 g/mol. The average Bonchev–Trinajstić information content (AvgIpc) is 3.52. The van der Waals surface area contributed by atoms with Crippen molar-refractivity contribution in [1.82, 2.24) is 13.9 Å². The third kappa shape index (κ3) is 6.92. The molecule has 1 aliphatic rings. The lowest BCUT2D eigenvalue weighted by Crippen LogP contribution is -2.54. The number of nitro benzene ring substituents is 2. The molecule has 0 saturated carbocycles. The molecule has 1 aliphatic heterocycles. The predicted octanol–water partition coefficient (Wildman–Crippen LogP) is 3.93. The van der Waals surface area contributed by atoms with Gasteiger partial charge in [0.05, 0.1) is 31.7 Å². The maximum absolute atomic E-state index is 14.3. The van der Waals surface area contributed by atoms with Gasteiger partial charge in [-0.3, -0.25) is 20.2 Å². The molecule has 1 heterocycles. The summed E-state index contributed by atoms with van der Waals surface area (Å²) in [6, 6.07) is 24.9. The van der Waals surface area contributed by atoms with E-state index in [2.05, 4.69) is 5.32 Å². The van der Waals surface area contributed by atoms with Gasteiger partial charge in [0.15, 0.2) is 0 Å². The summed E-state index contributed by atoms with van der Waals surface area (Å²) < 4.78 is 59.5. The molecule has 45 heavy (non-hydrogen) atoms. The molecule has 1 N–H and O–H groups in total. The molecule has 0 spiro atoms. The van der Waals surface area contributed by atoms with Crippen LogP contribution in [0.15, 0.2) is 119 Å². The molecular weight excluding hydrogens is 622 g/mol.